The van der Waals surface area contributed by atoms with Crippen molar-refractivity contribution in [2.24, 2.45) is 0 Å². The summed E-state index contributed by atoms with van der Waals surface area (Å²) in [6, 6.07) is 0. The Bertz CT molecular complexity index is 99.9. The van der Waals surface area contributed by atoms with Crippen LogP contribution in [0.1, 0.15) is 0 Å². The molecule has 0 aromatic heterocycles. The fraction of sp³-hybridized carbons (Fsp3) is 0.500. The van der Waals surface area contributed by atoms with Crippen LogP contribution in [0, 0.1) is 0 Å². The standard InChI is InChI=1S/C4H8O2Si/c1-5-4-3-7(4)6-2/h3,7H,1-2H3. The summed E-state index contributed by atoms with van der Waals surface area (Å²) in [7, 11) is 2.45. The van der Waals surface area contributed by atoms with Gasteiger partial charge in [0, 0.05) is 7.11 Å². The van der Waals surface area contributed by atoms with Gasteiger partial charge in [-0.15, -0.1) is 0 Å². The van der Waals surface area contributed by atoms with Crippen molar-refractivity contribution in [2.75, 3.05) is 14.2 Å². The molecule has 0 fully saturated rings. The van der Waals surface area contributed by atoms with E-state index in [9.17, 15) is 0 Å². The van der Waals surface area contributed by atoms with Gasteiger partial charge >= 0.3 is 0 Å². The Hall–Kier alpha value is -0.283. The van der Waals surface area contributed by atoms with E-state index in [2.05, 4.69) is 5.70 Å². The van der Waals surface area contributed by atoms with Gasteiger partial charge in [0.15, 0.2) is 0 Å². The third kappa shape index (κ3) is 0.836. The molecule has 1 rings (SSSR count). The van der Waals surface area contributed by atoms with Crippen LogP contribution >= 0.6 is 0 Å². The molecule has 0 spiro atoms. The topological polar surface area (TPSA) is 18.5 Å². The zero-order chi connectivity index (χ0) is 5.28. The zero-order valence-corrected chi connectivity index (χ0v) is 5.63. The highest BCUT2D eigenvalue weighted by Crippen LogP contribution is 2.17. The van der Waals surface area contributed by atoms with Crippen LogP contribution in [0.5, 0.6) is 0 Å². The van der Waals surface area contributed by atoms with Crippen molar-refractivity contribution in [1.82, 2.24) is 0 Å². The first-order chi connectivity index (χ1) is 3.38. The Labute approximate surface area is 44.5 Å². The van der Waals surface area contributed by atoms with Crippen LogP contribution in [0.4, 0.5) is 0 Å². The highest BCUT2D eigenvalue weighted by Gasteiger charge is 2.28. The molecule has 3 heteroatoms. The van der Waals surface area contributed by atoms with Gasteiger partial charge in [-0.05, 0) is 5.70 Å². The van der Waals surface area contributed by atoms with Gasteiger partial charge in [-0.25, -0.2) is 0 Å². The summed E-state index contributed by atoms with van der Waals surface area (Å²) < 4.78 is 9.85. The molecule has 0 amide bonds. The van der Waals surface area contributed by atoms with E-state index < -0.39 is 9.04 Å². The summed E-state index contributed by atoms with van der Waals surface area (Å²) in [5.74, 6) is 0. The lowest BCUT2D eigenvalue weighted by Crippen LogP contribution is -1.98. The summed E-state index contributed by atoms with van der Waals surface area (Å²) in [4.78, 5) is 0. The molecule has 1 aliphatic rings. The molecule has 0 aliphatic carbocycles. The van der Waals surface area contributed by atoms with Crippen molar-refractivity contribution in [2.45, 2.75) is 0 Å². The van der Waals surface area contributed by atoms with Crippen LogP contribution in [0.2, 0.25) is 0 Å². The van der Waals surface area contributed by atoms with Crippen molar-refractivity contribution in [3.8, 4) is 0 Å². The smallest absolute Gasteiger partial charge is 0.273 e. The number of hydrogen-bond donors (Lipinski definition) is 0. The first kappa shape index (κ1) is 4.87. The molecule has 0 saturated heterocycles. The minimum Gasteiger partial charge on any atom is -0.504 e. The van der Waals surface area contributed by atoms with E-state index >= 15 is 0 Å². The van der Waals surface area contributed by atoms with Crippen LogP contribution in [-0.2, 0) is 9.16 Å². The maximum atomic E-state index is 4.99. The molecular weight excluding hydrogens is 108 g/mol. The fourth-order valence-electron chi connectivity index (χ4n) is 0.469. The average molecular weight is 116 g/mol. The van der Waals surface area contributed by atoms with Gasteiger partial charge in [-0.3, -0.25) is 0 Å². The summed E-state index contributed by atoms with van der Waals surface area (Å²) >= 11 is 0. The molecule has 1 heterocycles. The highest BCUT2D eigenvalue weighted by atomic mass is 28.3. The molecule has 1 aliphatic heterocycles. The van der Waals surface area contributed by atoms with Crippen molar-refractivity contribution in [1.29, 1.82) is 0 Å². The van der Waals surface area contributed by atoms with E-state index in [1.165, 1.54) is 0 Å². The Morgan fingerprint density at radius 2 is 2.29 bits per heavy atom. The second-order valence-corrected chi connectivity index (χ2v) is 3.64. The first-order valence-electron chi connectivity index (χ1n) is 2.17. The molecule has 7 heavy (non-hydrogen) atoms. The molecule has 0 radical (unpaired) electrons. The predicted octanol–water partition coefficient (Wildman–Crippen LogP) is -0.0211. The SMILES string of the molecule is COC1=C[SiH]1OC. The van der Waals surface area contributed by atoms with Crippen molar-refractivity contribution >= 4 is 9.04 Å². The Morgan fingerprint density at radius 1 is 1.57 bits per heavy atom. The van der Waals surface area contributed by atoms with Crippen LogP contribution in [-0.4, -0.2) is 23.3 Å². The second-order valence-electron chi connectivity index (χ2n) is 1.43. The maximum absolute atomic E-state index is 4.99. The lowest BCUT2D eigenvalue weighted by Gasteiger charge is -1.90. The minimum atomic E-state index is -0.945. The summed E-state index contributed by atoms with van der Waals surface area (Å²) in [5.41, 5.74) is 2.06. The number of methoxy groups -OCH3 is 1. The van der Waals surface area contributed by atoms with Gasteiger partial charge < -0.3 is 9.16 Å². The normalized spacial score (nSPS) is 26.6. The van der Waals surface area contributed by atoms with E-state index in [0.717, 1.165) is 5.38 Å². The van der Waals surface area contributed by atoms with E-state index in [1.54, 1.807) is 14.2 Å². The lowest BCUT2D eigenvalue weighted by atomic mass is 11.2. The molecule has 0 N–H and O–H groups in total. The summed E-state index contributed by atoms with van der Waals surface area (Å²) in [5, 5.41) is 1.09. The summed E-state index contributed by atoms with van der Waals surface area (Å²) in [6.07, 6.45) is 0. The lowest BCUT2D eigenvalue weighted by molar-refractivity contribution is 0.316. The third-order valence-electron chi connectivity index (χ3n) is 0.977. The zero-order valence-electron chi connectivity index (χ0n) is 4.47. The van der Waals surface area contributed by atoms with Gasteiger partial charge in [0.2, 0.25) is 0 Å². The van der Waals surface area contributed by atoms with Crippen LogP contribution in [0.25, 0.3) is 0 Å². The molecule has 0 aromatic carbocycles. The molecular formula is C4H8O2Si. The number of hydrogen-bond acceptors (Lipinski definition) is 2. The minimum absolute atomic E-state index is 0.945. The highest BCUT2D eigenvalue weighted by molar-refractivity contribution is 6.76. The molecule has 0 aromatic rings. The van der Waals surface area contributed by atoms with E-state index in [-0.39, 0.29) is 0 Å². The van der Waals surface area contributed by atoms with Crippen molar-refractivity contribution in [3.05, 3.63) is 11.1 Å². The van der Waals surface area contributed by atoms with E-state index in [4.69, 9.17) is 9.16 Å². The largest absolute Gasteiger partial charge is 0.504 e. The Morgan fingerprint density at radius 3 is 2.43 bits per heavy atom. The van der Waals surface area contributed by atoms with Gasteiger partial charge in [0.05, 0.1) is 7.11 Å². The summed E-state index contributed by atoms with van der Waals surface area (Å²) in [6.45, 7) is 0. The average Bonchev–Trinajstić information content (AvgIpc) is 2.43. The second kappa shape index (κ2) is 1.67. The molecule has 2 nitrogen and oxygen atoms in total. The maximum Gasteiger partial charge on any atom is 0.273 e. The fourth-order valence-corrected chi connectivity index (χ4v) is 1.64. The molecule has 40 valence electrons. The molecule has 0 saturated carbocycles. The van der Waals surface area contributed by atoms with E-state index in [1.807, 2.05) is 0 Å². The quantitative estimate of drug-likeness (QED) is 0.472. The third-order valence-corrected chi connectivity index (χ3v) is 2.69. The van der Waals surface area contributed by atoms with Crippen LogP contribution in [0.3, 0.4) is 0 Å². The van der Waals surface area contributed by atoms with E-state index in [0.29, 0.717) is 0 Å². The Kier molecular flexibility index (Phi) is 1.16. The van der Waals surface area contributed by atoms with Gasteiger partial charge in [-0.1, -0.05) is 0 Å². The van der Waals surface area contributed by atoms with Crippen LogP contribution < -0.4 is 0 Å². The van der Waals surface area contributed by atoms with Crippen molar-refractivity contribution < 1.29 is 9.16 Å². The predicted molar refractivity (Wildman–Crippen MR) is 29.2 cm³/mol. The Balaban J connectivity index is 2.14. The van der Waals surface area contributed by atoms with Gasteiger partial charge in [0.1, 0.15) is 5.38 Å². The number of ether oxygens (including phenoxy) is 1. The first-order valence-corrected chi connectivity index (χ1v) is 3.88. The van der Waals surface area contributed by atoms with Crippen molar-refractivity contribution in [3.63, 3.8) is 0 Å². The van der Waals surface area contributed by atoms with Gasteiger partial charge in [-0.2, -0.15) is 0 Å². The number of rotatable bonds is 2. The molecule has 0 bridgehead atoms. The monoisotopic (exact) mass is 116 g/mol. The molecule has 1 atom stereocenters. The molecule has 1 unspecified atom stereocenters. The van der Waals surface area contributed by atoms with Gasteiger partial charge in [0.25, 0.3) is 9.04 Å². The van der Waals surface area contributed by atoms with Crippen LogP contribution in [0.15, 0.2) is 11.1 Å².